The van der Waals surface area contributed by atoms with Gasteiger partial charge in [-0.25, -0.2) is 4.79 Å². The SMILES string of the molecule is CCN(CC)CCCNC(=O)N[C@H]1CC(=O)N(c2ccc(OC)c(OC)c2)C1. The van der Waals surface area contributed by atoms with Crippen molar-refractivity contribution in [3.8, 4) is 11.5 Å². The molecule has 1 aliphatic rings. The predicted molar refractivity (Wildman–Crippen MR) is 109 cm³/mol. The Kier molecular flexibility index (Phi) is 8.38. The maximum Gasteiger partial charge on any atom is 0.315 e. The van der Waals surface area contributed by atoms with Crippen molar-refractivity contribution in [2.24, 2.45) is 0 Å². The lowest BCUT2D eigenvalue weighted by Gasteiger charge is -2.19. The van der Waals surface area contributed by atoms with Gasteiger partial charge < -0.3 is 29.9 Å². The summed E-state index contributed by atoms with van der Waals surface area (Å²) in [4.78, 5) is 28.5. The monoisotopic (exact) mass is 392 g/mol. The third-order valence-electron chi connectivity index (χ3n) is 4.97. The van der Waals surface area contributed by atoms with E-state index in [1.807, 2.05) is 6.07 Å². The second-order valence-corrected chi connectivity index (χ2v) is 6.73. The second kappa shape index (κ2) is 10.8. The predicted octanol–water partition coefficient (Wildman–Crippen LogP) is 1.84. The molecule has 0 saturated carbocycles. The van der Waals surface area contributed by atoms with Crippen LogP contribution in [0, 0.1) is 0 Å². The number of urea groups is 1. The number of ether oxygens (including phenoxy) is 2. The van der Waals surface area contributed by atoms with Crippen molar-refractivity contribution < 1.29 is 19.1 Å². The van der Waals surface area contributed by atoms with Crippen molar-refractivity contribution in [1.82, 2.24) is 15.5 Å². The molecule has 0 radical (unpaired) electrons. The summed E-state index contributed by atoms with van der Waals surface area (Å²) in [7, 11) is 3.13. The smallest absolute Gasteiger partial charge is 0.315 e. The Balaban J connectivity index is 1.83. The summed E-state index contributed by atoms with van der Waals surface area (Å²) >= 11 is 0. The number of nitrogens with one attached hydrogen (secondary N) is 2. The summed E-state index contributed by atoms with van der Waals surface area (Å²) in [6.45, 7) is 8.29. The van der Waals surface area contributed by atoms with Gasteiger partial charge in [0.1, 0.15) is 0 Å². The van der Waals surface area contributed by atoms with E-state index in [1.54, 1.807) is 31.3 Å². The molecular formula is C20H32N4O4. The third-order valence-corrected chi connectivity index (χ3v) is 4.97. The summed E-state index contributed by atoms with van der Waals surface area (Å²) in [6.07, 6.45) is 1.18. The molecule has 1 heterocycles. The molecule has 2 rings (SSSR count). The molecule has 0 aliphatic carbocycles. The minimum absolute atomic E-state index is 0.0287. The first-order valence-corrected chi connectivity index (χ1v) is 9.81. The largest absolute Gasteiger partial charge is 0.493 e. The van der Waals surface area contributed by atoms with Crippen molar-refractivity contribution in [2.75, 3.05) is 51.8 Å². The highest BCUT2D eigenvalue weighted by Gasteiger charge is 2.32. The Morgan fingerprint density at radius 1 is 1.21 bits per heavy atom. The molecule has 1 aromatic carbocycles. The Morgan fingerprint density at radius 2 is 1.93 bits per heavy atom. The molecule has 0 spiro atoms. The van der Waals surface area contributed by atoms with Crippen LogP contribution in [0.3, 0.4) is 0 Å². The first-order valence-electron chi connectivity index (χ1n) is 9.81. The number of benzene rings is 1. The zero-order chi connectivity index (χ0) is 20.5. The van der Waals surface area contributed by atoms with Crippen LogP contribution in [0.25, 0.3) is 0 Å². The molecule has 0 unspecified atom stereocenters. The second-order valence-electron chi connectivity index (χ2n) is 6.73. The van der Waals surface area contributed by atoms with Crippen molar-refractivity contribution in [3.63, 3.8) is 0 Å². The van der Waals surface area contributed by atoms with Crippen LogP contribution in [0.5, 0.6) is 11.5 Å². The zero-order valence-electron chi connectivity index (χ0n) is 17.3. The van der Waals surface area contributed by atoms with E-state index in [2.05, 4.69) is 29.4 Å². The molecule has 2 N–H and O–H groups in total. The van der Waals surface area contributed by atoms with Gasteiger partial charge in [-0.2, -0.15) is 0 Å². The number of methoxy groups -OCH3 is 2. The topological polar surface area (TPSA) is 83.1 Å². The van der Waals surface area contributed by atoms with E-state index in [4.69, 9.17) is 9.47 Å². The molecule has 156 valence electrons. The molecule has 28 heavy (non-hydrogen) atoms. The summed E-state index contributed by atoms with van der Waals surface area (Å²) in [5.41, 5.74) is 0.728. The van der Waals surface area contributed by atoms with Crippen molar-refractivity contribution in [3.05, 3.63) is 18.2 Å². The number of carbonyl (C=O) groups excluding carboxylic acids is 2. The van der Waals surface area contributed by atoms with Gasteiger partial charge in [0.15, 0.2) is 11.5 Å². The Labute approximate surface area is 167 Å². The van der Waals surface area contributed by atoms with Gasteiger partial charge in [-0.1, -0.05) is 13.8 Å². The molecule has 0 bridgehead atoms. The maximum absolute atomic E-state index is 12.4. The van der Waals surface area contributed by atoms with Crippen LogP contribution in [-0.2, 0) is 4.79 Å². The van der Waals surface area contributed by atoms with Gasteiger partial charge in [-0.05, 0) is 38.2 Å². The van der Waals surface area contributed by atoms with Gasteiger partial charge in [0.05, 0.1) is 20.3 Å². The fourth-order valence-electron chi connectivity index (χ4n) is 3.33. The summed E-state index contributed by atoms with van der Waals surface area (Å²) in [5.74, 6) is 1.14. The van der Waals surface area contributed by atoms with Crippen molar-refractivity contribution in [2.45, 2.75) is 32.7 Å². The maximum atomic E-state index is 12.4. The number of anilines is 1. The average Bonchev–Trinajstić information content (AvgIpc) is 3.07. The average molecular weight is 393 g/mol. The summed E-state index contributed by atoms with van der Waals surface area (Å²) in [5, 5.41) is 5.77. The van der Waals surface area contributed by atoms with Crippen LogP contribution in [0.4, 0.5) is 10.5 Å². The molecular weight excluding hydrogens is 360 g/mol. The first kappa shape index (κ1) is 21.8. The Hall–Kier alpha value is -2.48. The van der Waals surface area contributed by atoms with Crippen LogP contribution in [0.2, 0.25) is 0 Å². The van der Waals surface area contributed by atoms with Crippen LogP contribution in [-0.4, -0.2) is 69.8 Å². The minimum Gasteiger partial charge on any atom is -0.493 e. The number of amides is 3. The third kappa shape index (κ3) is 5.76. The van der Waals surface area contributed by atoms with E-state index in [1.165, 1.54) is 0 Å². The van der Waals surface area contributed by atoms with Crippen LogP contribution >= 0.6 is 0 Å². The van der Waals surface area contributed by atoms with Crippen molar-refractivity contribution >= 4 is 17.6 Å². The normalized spacial score (nSPS) is 16.4. The van der Waals surface area contributed by atoms with E-state index < -0.39 is 0 Å². The molecule has 8 heteroatoms. The van der Waals surface area contributed by atoms with Gasteiger partial charge in [-0.3, -0.25) is 4.79 Å². The fourth-order valence-corrected chi connectivity index (χ4v) is 3.33. The highest BCUT2D eigenvalue weighted by molar-refractivity contribution is 5.97. The van der Waals surface area contributed by atoms with Gasteiger partial charge in [-0.15, -0.1) is 0 Å². The number of hydrogen-bond donors (Lipinski definition) is 2. The lowest BCUT2D eigenvalue weighted by atomic mass is 10.2. The van der Waals surface area contributed by atoms with Gasteiger partial charge in [0.25, 0.3) is 0 Å². The molecule has 3 amide bonds. The van der Waals surface area contributed by atoms with Gasteiger partial charge in [0.2, 0.25) is 5.91 Å². The van der Waals surface area contributed by atoms with Gasteiger partial charge >= 0.3 is 6.03 Å². The standard InChI is InChI=1S/C20H32N4O4/c1-5-23(6-2)11-7-10-21-20(26)22-15-12-19(25)24(14-15)16-8-9-17(27-3)18(13-16)28-4/h8-9,13,15H,5-7,10-12,14H2,1-4H3,(H2,21,22,26)/t15-/m0/s1. The number of rotatable bonds is 10. The molecule has 0 aromatic heterocycles. The lowest BCUT2D eigenvalue weighted by molar-refractivity contribution is -0.117. The quantitative estimate of drug-likeness (QED) is 0.594. The fraction of sp³-hybridized carbons (Fsp3) is 0.600. The number of carbonyl (C=O) groups is 2. The highest BCUT2D eigenvalue weighted by Crippen LogP contribution is 2.33. The van der Waals surface area contributed by atoms with E-state index in [0.717, 1.165) is 31.7 Å². The Bertz CT molecular complexity index is 664. The molecule has 1 aromatic rings. The lowest BCUT2D eigenvalue weighted by Crippen LogP contribution is -2.44. The molecule has 1 fully saturated rings. The van der Waals surface area contributed by atoms with Crippen LogP contribution in [0.15, 0.2) is 18.2 Å². The first-order chi connectivity index (χ1) is 13.5. The number of hydrogen-bond acceptors (Lipinski definition) is 5. The van der Waals surface area contributed by atoms with Crippen molar-refractivity contribution in [1.29, 1.82) is 0 Å². The zero-order valence-corrected chi connectivity index (χ0v) is 17.3. The van der Waals surface area contributed by atoms with Crippen LogP contribution < -0.4 is 25.0 Å². The summed E-state index contributed by atoms with van der Waals surface area (Å²) < 4.78 is 10.5. The molecule has 1 atom stereocenters. The minimum atomic E-state index is -0.230. The van der Waals surface area contributed by atoms with E-state index in [-0.39, 0.29) is 24.4 Å². The van der Waals surface area contributed by atoms with Crippen LogP contribution in [0.1, 0.15) is 26.7 Å². The number of nitrogens with zero attached hydrogens (tertiary/aromatic N) is 2. The van der Waals surface area contributed by atoms with Gasteiger partial charge in [0, 0.05) is 31.3 Å². The molecule has 1 aliphatic heterocycles. The van der Waals surface area contributed by atoms with E-state index in [0.29, 0.717) is 24.6 Å². The van der Waals surface area contributed by atoms with E-state index >= 15 is 0 Å². The molecule has 8 nitrogen and oxygen atoms in total. The van der Waals surface area contributed by atoms with E-state index in [9.17, 15) is 9.59 Å². The Morgan fingerprint density at radius 3 is 2.57 bits per heavy atom. The summed E-state index contributed by atoms with van der Waals surface area (Å²) in [6, 6.07) is 4.90. The molecule has 1 saturated heterocycles. The highest BCUT2D eigenvalue weighted by atomic mass is 16.5.